The number of hydrogen-bond donors (Lipinski definition) is 0. The average molecular weight is 431 g/mol. The van der Waals surface area contributed by atoms with Crippen LogP contribution >= 0.6 is 0 Å². The second kappa shape index (κ2) is 8.34. The van der Waals surface area contributed by atoms with Gasteiger partial charge in [-0.3, -0.25) is 4.79 Å². The number of fused-ring (bicyclic) bond motifs is 2. The Bertz CT molecular complexity index is 1200. The fourth-order valence-corrected chi connectivity index (χ4v) is 3.99. The summed E-state index contributed by atoms with van der Waals surface area (Å²) in [6.07, 6.45) is 0. The molecule has 7 heteroatoms. The highest BCUT2D eigenvalue weighted by Crippen LogP contribution is 2.39. The zero-order chi connectivity index (χ0) is 22.1. The van der Waals surface area contributed by atoms with E-state index in [0.29, 0.717) is 49.0 Å². The van der Waals surface area contributed by atoms with Crippen LogP contribution in [0.25, 0.3) is 0 Å². The summed E-state index contributed by atoms with van der Waals surface area (Å²) in [7, 11) is 1.62. The lowest BCUT2D eigenvalue weighted by molar-refractivity contribution is 0.0691. The third-order valence-corrected chi connectivity index (χ3v) is 5.68. The van der Waals surface area contributed by atoms with Crippen LogP contribution in [0.5, 0.6) is 17.2 Å². The molecule has 0 bridgehead atoms. The molecular weight excluding hydrogens is 409 g/mol. The van der Waals surface area contributed by atoms with E-state index in [0.717, 1.165) is 17.1 Å². The molecule has 5 rings (SSSR count). The van der Waals surface area contributed by atoms with Gasteiger partial charge >= 0.3 is 0 Å². The van der Waals surface area contributed by atoms with Gasteiger partial charge in [0.05, 0.1) is 12.7 Å². The van der Waals surface area contributed by atoms with E-state index in [9.17, 15) is 9.18 Å². The lowest BCUT2D eigenvalue weighted by Gasteiger charge is -2.36. The van der Waals surface area contributed by atoms with Crippen LogP contribution in [0.2, 0.25) is 0 Å². The number of hydrogen-bond acceptors (Lipinski definition) is 5. The van der Waals surface area contributed by atoms with Gasteiger partial charge in [-0.2, -0.15) is 0 Å². The number of rotatable bonds is 2. The van der Waals surface area contributed by atoms with Gasteiger partial charge in [0.25, 0.3) is 5.91 Å². The Labute approximate surface area is 185 Å². The van der Waals surface area contributed by atoms with Gasteiger partial charge in [-0.25, -0.2) is 9.38 Å². The van der Waals surface area contributed by atoms with Crippen molar-refractivity contribution in [2.24, 2.45) is 4.99 Å². The molecule has 2 aliphatic heterocycles. The zero-order valence-corrected chi connectivity index (χ0v) is 17.6. The molecule has 0 radical (unpaired) electrons. The Balaban J connectivity index is 1.42. The second-order valence-electron chi connectivity index (χ2n) is 7.66. The van der Waals surface area contributed by atoms with Crippen molar-refractivity contribution in [1.82, 2.24) is 9.80 Å². The molecule has 0 aromatic heterocycles. The molecule has 1 saturated heterocycles. The summed E-state index contributed by atoms with van der Waals surface area (Å²) in [4.78, 5) is 21.6. The van der Waals surface area contributed by atoms with Crippen LogP contribution in [0, 0.1) is 5.82 Å². The molecule has 3 aromatic rings. The smallest absolute Gasteiger partial charge is 0.254 e. The maximum Gasteiger partial charge on any atom is 0.254 e. The molecule has 0 unspecified atom stereocenters. The molecule has 0 saturated carbocycles. The first-order chi connectivity index (χ1) is 15.6. The number of para-hydroxylation sites is 2. The molecule has 32 heavy (non-hydrogen) atoms. The number of amidine groups is 1. The fourth-order valence-electron chi connectivity index (χ4n) is 3.99. The quantitative estimate of drug-likeness (QED) is 0.601. The average Bonchev–Trinajstić information content (AvgIpc) is 3.00. The molecule has 0 atom stereocenters. The highest BCUT2D eigenvalue weighted by atomic mass is 19.1. The number of amides is 1. The third-order valence-electron chi connectivity index (χ3n) is 5.68. The zero-order valence-electron chi connectivity index (χ0n) is 17.6. The number of methoxy groups -OCH3 is 1. The van der Waals surface area contributed by atoms with E-state index in [1.54, 1.807) is 24.1 Å². The van der Waals surface area contributed by atoms with Gasteiger partial charge in [-0.15, -0.1) is 0 Å². The van der Waals surface area contributed by atoms with Gasteiger partial charge in [0.1, 0.15) is 28.8 Å². The Hall–Kier alpha value is -3.87. The third kappa shape index (κ3) is 3.77. The molecule has 3 aromatic carbocycles. The molecule has 0 spiro atoms. The predicted molar refractivity (Wildman–Crippen MR) is 120 cm³/mol. The lowest BCUT2D eigenvalue weighted by Crippen LogP contribution is -2.50. The van der Waals surface area contributed by atoms with Crippen LogP contribution in [0.15, 0.2) is 71.7 Å². The van der Waals surface area contributed by atoms with Crippen LogP contribution in [0.1, 0.15) is 15.9 Å². The number of carbonyl (C=O) groups excluding carboxylic acids is 1. The largest absolute Gasteiger partial charge is 0.497 e. The van der Waals surface area contributed by atoms with E-state index < -0.39 is 5.82 Å². The lowest BCUT2D eigenvalue weighted by atomic mass is 10.1. The van der Waals surface area contributed by atoms with Crippen molar-refractivity contribution in [2.45, 2.75) is 0 Å². The second-order valence-corrected chi connectivity index (χ2v) is 7.66. The van der Waals surface area contributed by atoms with Crippen LogP contribution in [-0.4, -0.2) is 54.8 Å². The minimum atomic E-state index is -0.409. The molecule has 1 fully saturated rings. The first-order valence-electron chi connectivity index (χ1n) is 10.5. The molecule has 2 heterocycles. The maximum absolute atomic E-state index is 13.5. The molecular formula is C25H22FN3O3. The van der Waals surface area contributed by atoms with Crippen molar-refractivity contribution in [1.29, 1.82) is 0 Å². The molecule has 2 aliphatic rings. The van der Waals surface area contributed by atoms with E-state index in [2.05, 4.69) is 4.90 Å². The summed E-state index contributed by atoms with van der Waals surface area (Å²) in [6.45, 7) is 2.24. The Morgan fingerprint density at radius 3 is 2.56 bits per heavy atom. The molecule has 6 nitrogen and oxygen atoms in total. The van der Waals surface area contributed by atoms with E-state index in [4.69, 9.17) is 14.5 Å². The molecule has 0 N–H and O–H groups in total. The first kappa shape index (κ1) is 20.1. The number of benzene rings is 3. The normalized spacial score (nSPS) is 15.1. The Kier molecular flexibility index (Phi) is 5.23. The molecule has 162 valence electrons. The van der Waals surface area contributed by atoms with E-state index in [1.807, 2.05) is 42.5 Å². The minimum absolute atomic E-state index is 0.161. The summed E-state index contributed by atoms with van der Waals surface area (Å²) >= 11 is 0. The predicted octanol–water partition coefficient (Wildman–Crippen LogP) is 4.48. The summed E-state index contributed by atoms with van der Waals surface area (Å²) < 4.78 is 25.1. The van der Waals surface area contributed by atoms with Crippen LogP contribution in [0.3, 0.4) is 0 Å². The van der Waals surface area contributed by atoms with Gasteiger partial charge in [0.15, 0.2) is 5.75 Å². The number of halogens is 1. The van der Waals surface area contributed by atoms with Crippen molar-refractivity contribution >= 4 is 17.4 Å². The highest BCUT2D eigenvalue weighted by Gasteiger charge is 2.28. The van der Waals surface area contributed by atoms with Gasteiger partial charge < -0.3 is 19.3 Å². The van der Waals surface area contributed by atoms with Crippen molar-refractivity contribution in [3.8, 4) is 17.2 Å². The van der Waals surface area contributed by atoms with Gasteiger partial charge in [-0.05, 0) is 42.5 Å². The summed E-state index contributed by atoms with van der Waals surface area (Å²) in [5, 5.41) is 0. The van der Waals surface area contributed by atoms with E-state index >= 15 is 0 Å². The number of ether oxygens (including phenoxy) is 2. The van der Waals surface area contributed by atoms with Crippen molar-refractivity contribution in [3.05, 3.63) is 83.7 Å². The topological polar surface area (TPSA) is 54.4 Å². The number of aliphatic imine (C=N–C) groups is 1. The molecule has 0 aliphatic carbocycles. The number of piperazine rings is 1. The number of nitrogens with zero attached hydrogens (tertiary/aromatic N) is 3. The highest BCUT2D eigenvalue weighted by molar-refractivity contribution is 6.04. The van der Waals surface area contributed by atoms with Crippen molar-refractivity contribution < 1.29 is 18.7 Å². The first-order valence-corrected chi connectivity index (χ1v) is 10.5. The van der Waals surface area contributed by atoms with Crippen LogP contribution in [-0.2, 0) is 0 Å². The Morgan fingerprint density at radius 1 is 0.969 bits per heavy atom. The van der Waals surface area contributed by atoms with Gasteiger partial charge in [-0.1, -0.05) is 18.2 Å². The summed E-state index contributed by atoms with van der Waals surface area (Å²) in [5.74, 6) is 2.28. The fraction of sp³-hybridized carbons (Fsp3) is 0.200. The standard InChI is InChI=1S/C25H22FN3O3/c1-31-19-9-10-20-23(16-19)32-22-8-3-2-7-21(22)27-24(20)28-11-13-29(14-12-28)25(30)17-5-4-6-18(26)15-17/h2-10,15-16H,11-14H2,1H3. The maximum atomic E-state index is 13.5. The van der Waals surface area contributed by atoms with Crippen LogP contribution < -0.4 is 9.47 Å². The summed E-state index contributed by atoms with van der Waals surface area (Å²) in [5.41, 5.74) is 1.98. The summed E-state index contributed by atoms with van der Waals surface area (Å²) in [6, 6.07) is 19.2. The molecule has 1 amide bonds. The van der Waals surface area contributed by atoms with Crippen LogP contribution in [0.4, 0.5) is 10.1 Å². The van der Waals surface area contributed by atoms with Gasteiger partial charge in [0.2, 0.25) is 0 Å². The Morgan fingerprint density at radius 2 is 1.78 bits per heavy atom. The number of carbonyl (C=O) groups is 1. The van der Waals surface area contributed by atoms with Crippen molar-refractivity contribution in [3.63, 3.8) is 0 Å². The minimum Gasteiger partial charge on any atom is -0.497 e. The van der Waals surface area contributed by atoms with E-state index in [1.165, 1.54) is 12.1 Å². The monoisotopic (exact) mass is 431 g/mol. The van der Waals surface area contributed by atoms with Crippen molar-refractivity contribution in [2.75, 3.05) is 33.3 Å². The van der Waals surface area contributed by atoms with E-state index in [-0.39, 0.29) is 5.91 Å². The van der Waals surface area contributed by atoms with Gasteiger partial charge in [0, 0.05) is 37.8 Å². The SMILES string of the molecule is COc1ccc2c(c1)Oc1ccccc1N=C2N1CCN(C(=O)c2cccc(F)c2)CC1.